The Labute approximate surface area is 121 Å². The van der Waals surface area contributed by atoms with E-state index in [1.807, 2.05) is 37.3 Å². The lowest BCUT2D eigenvalue weighted by Gasteiger charge is -2.25. The maximum absolute atomic E-state index is 12.4. The third-order valence-electron chi connectivity index (χ3n) is 3.17. The highest BCUT2D eigenvalue weighted by Gasteiger charge is 2.20. The summed E-state index contributed by atoms with van der Waals surface area (Å²) >= 11 is 3.31. The average Bonchev–Trinajstić information content (AvgIpc) is 2.46. The molecule has 19 heavy (non-hydrogen) atoms. The van der Waals surface area contributed by atoms with Crippen molar-refractivity contribution in [2.45, 2.75) is 13.0 Å². The molecule has 0 spiro atoms. The zero-order valence-electron chi connectivity index (χ0n) is 10.9. The number of rotatable bonds is 3. The van der Waals surface area contributed by atoms with Gasteiger partial charge in [0.1, 0.15) is 4.60 Å². The zero-order valence-corrected chi connectivity index (χ0v) is 12.5. The molecule has 1 atom stereocenters. The lowest BCUT2D eigenvalue weighted by atomic mass is 10.1. The number of hydrogen-bond acceptors (Lipinski definition) is 2. The molecule has 0 saturated carbocycles. The number of amides is 1. The number of nitrogens with zero attached hydrogens (tertiary/aromatic N) is 2. The summed E-state index contributed by atoms with van der Waals surface area (Å²) in [5.41, 5.74) is 1.69. The quantitative estimate of drug-likeness (QED) is 0.809. The Morgan fingerprint density at radius 1 is 1.21 bits per heavy atom. The van der Waals surface area contributed by atoms with E-state index >= 15 is 0 Å². The van der Waals surface area contributed by atoms with Crippen LogP contribution in [0.15, 0.2) is 53.3 Å². The van der Waals surface area contributed by atoms with Crippen LogP contribution in [0.2, 0.25) is 0 Å². The van der Waals surface area contributed by atoms with Crippen LogP contribution in [0.4, 0.5) is 0 Å². The average molecular weight is 319 g/mol. The third-order valence-corrected chi connectivity index (χ3v) is 3.80. The topological polar surface area (TPSA) is 33.2 Å². The Kier molecular flexibility index (Phi) is 4.32. The van der Waals surface area contributed by atoms with E-state index in [1.165, 1.54) is 0 Å². The molecule has 2 rings (SSSR count). The van der Waals surface area contributed by atoms with Gasteiger partial charge >= 0.3 is 0 Å². The second kappa shape index (κ2) is 5.97. The number of aromatic nitrogens is 1. The largest absolute Gasteiger partial charge is 0.335 e. The maximum atomic E-state index is 12.4. The van der Waals surface area contributed by atoms with Crippen LogP contribution in [0.25, 0.3) is 0 Å². The van der Waals surface area contributed by atoms with E-state index in [2.05, 4.69) is 20.9 Å². The van der Waals surface area contributed by atoms with E-state index in [0.717, 1.165) is 5.56 Å². The van der Waals surface area contributed by atoms with Crippen molar-refractivity contribution in [1.29, 1.82) is 0 Å². The maximum Gasteiger partial charge on any atom is 0.256 e. The van der Waals surface area contributed by atoms with Gasteiger partial charge in [-0.1, -0.05) is 30.3 Å². The van der Waals surface area contributed by atoms with Gasteiger partial charge in [-0.05, 0) is 40.5 Å². The van der Waals surface area contributed by atoms with Crippen molar-refractivity contribution in [3.63, 3.8) is 0 Å². The Balaban J connectivity index is 2.23. The Bertz CT molecular complexity index is 571. The van der Waals surface area contributed by atoms with E-state index in [1.54, 1.807) is 30.3 Å². The van der Waals surface area contributed by atoms with Crippen LogP contribution in [-0.4, -0.2) is 22.8 Å². The highest BCUT2D eigenvalue weighted by atomic mass is 79.9. The minimum atomic E-state index is -0.0451. The number of carbonyl (C=O) groups is 1. The monoisotopic (exact) mass is 318 g/mol. The molecule has 0 aliphatic heterocycles. The smallest absolute Gasteiger partial charge is 0.256 e. The molecule has 1 amide bonds. The summed E-state index contributed by atoms with van der Waals surface area (Å²) in [4.78, 5) is 18.2. The fraction of sp³-hybridized carbons (Fsp3) is 0.200. The minimum Gasteiger partial charge on any atom is -0.335 e. The van der Waals surface area contributed by atoms with Gasteiger partial charge < -0.3 is 4.90 Å². The standard InChI is InChI=1S/C15H15BrN2O/c1-11(12-7-4-3-5-8-12)18(2)15(19)13-9-6-10-17-14(13)16/h3-11H,1-2H3. The molecule has 0 radical (unpaired) electrons. The Hall–Kier alpha value is -1.68. The molecule has 0 aliphatic carbocycles. The first-order chi connectivity index (χ1) is 9.11. The minimum absolute atomic E-state index is 0.0146. The second-order valence-corrected chi connectivity index (χ2v) is 5.10. The SMILES string of the molecule is CC(c1ccccc1)N(C)C(=O)c1cccnc1Br. The molecule has 4 heteroatoms. The van der Waals surface area contributed by atoms with Crippen molar-refractivity contribution in [2.24, 2.45) is 0 Å². The molecular formula is C15H15BrN2O. The highest BCUT2D eigenvalue weighted by molar-refractivity contribution is 9.10. The number of benzene rings is 1. The lowest BCUT2D eigenvalue weighted by molar-refractivity contribution is 0.0741. The molecule has 1 heterocycles. The summed E-state index contributed by atoms with van der Waals surface area (Å²) in [5, 5.41) is 0. The summed E-state index contributed by atoms with van der Waals surface area (Å²) in [7, 11) is 1.80. The summed E-state index contributed by atoms with van der Waals surface area (Å²) in [6, 6.07) is 13.5. The molecule has 0 fully saturated rings. The van der Waals surface area contributed by atoms with Crippen LogP contribution in [-0.2, 0) is 0 Å². The van der Waals surface area contributed by atoms with Crippen LogP contribution in [0, 0.1) is 0 Å². The first kappa shape index (κ1) is 13.7. The molecule has 1 aromatic carbocycles. The Morgan fingerprint density at radius 3 is 2.53 bits per heavy atom. The molecule has 3 nitrogen and oxygen atoms in total. The normalized spacial score (nSPS) is 11.9. The van der Waals surface area contributed by atoms with E-state index in [9.17, 15) is 4.79 Å². The van der Waals surface area contributed by atoms with Crippen LogP contribution in [0.1, 0.15) is 28.9 Å². The van der Waals surface area contributed by atoms with Crippen molar-refractivity contribution in [1.82, 2.24) is 9.88 Å². The third kappa shape index (κ3) is 3.01. The van der Waals surface area contributed by atoms with Crippen LogP contribution >= 0.6 is 15.9 Å². The van der Waals surface area contributed by atoms with Gasteiger partial charge in [0, 0.05) is 13.2 Å². The van der Waals surface area contributed by atoms with Crippen molar-refractivity contribution in [3.05, 3.63) is 64.4 Å². The molecule has 0 N–H and O–H groups in total. The van der Waals surface area contributed by atoms with Crippen LogP contribution in [0.5, 0.6) is 0 Å². The van der Waals surface area contributed by atoms with E-state index < -0.39 is 0 Å². The molecule has 0 bridgehead atoms. The fourth-order valence-corrected chi connectivity index (χ4v) is 2.29. The molecule has 0 saturated heterocycles. The lowest BCUT2D eigenvalue weighted by Crippen LogP contribution is -2.30. The number of halogens is 1. The second-order valence-electron chi connectivity index (χ2n) is 4.34. The van der Waals surface area contributed by atoms with Gasteiger partial charge in [0.15, 0.2) is 0 Å². The molecule has 1 unspecified atom stereocenters. The summed E-state index contributed by atoms with van der Waals surface area (Å²) in [6.07, 6.45) is 1.65. The first-order valence-corrected chi connectivity index (χ1v) is 6.83. The van der Waals surface area contributed by atoms with Crippen molar-refractivity contribution < 1.29 is 4.79 Å². The van der Waals surface area contributed by atoms with E-state index in [0.29, 0.717) is 10.2 Å². The molecular weight excluding hydrogens is 304 g/mol. The van der Waals surface area contributed by atoms with Gasteiger partial charge in [0.05, 0.1) is 11.6 Å². The van der Waals surface area contributed by atoms with Gasteiger partial charge in [0.25, 0.3) is 5.91 Å². The van der Waals surface area contributed by atoms with E-state index in [4.69, 9.17) is 0 Å². The van der Waals surface area contributed by atoms with Gasteiger partial charge in [-0.3, -0.25) is 4.79 Å². The summed E-state index contributed by atoms with van der Waals surface area (Å²) in [5.74, 6) is -0.0451. The predicted octanol–water partition coefficient (Wildman–Crippen LogP) is 3.68. The number of carbonyl (C=O) groups excluding carboxylic acids is 1. The molecule has 0 aliphatic rings. The molecule has 2 aromatic rings. The number of pyridine rings is 1. The number of hydrogen-bond donors (Lipinski definition) is 0. The first-order valence-electron chi connectivity index (χ1n) is 6.04. The van der Waals surface area contributed by atoms with Gasteiger partial charge in [-0.2, -0.15) is 0 Å². The Morgan fingerprint density at radius 2 is 1.89 bits per heavy atom. The van der Waals surface area contributed by atoms with Crippen LogP contribution in [0.3, 0.4) is 0 Å². The zero-order chi connectivity index (χ0) is 13.8. The summed E-state index contributed by atoms with van der Waals surface area (Å²) < 4.78 is 0.576. The summed E-state index contributed by atoms with van der Waals surface area (Å²) in [6.45, 7) is 2.01. The van der Waals surface area contributed by atoms with Crippen molar-refractivity contribution >= 4 is 21.8 Å². The van der Waals surface area contributed by atoms with Gasteiger partial charge in [-0.15, -0.1) is 0 Å². The van der Waals surface area contributed by atoms with Crippen molar-refractivity contribution in [3.8, 4) is 0 Å². The van der Waals surface area contributed by atoms with Gasteiger partial charge in [-0.25, -0.2) is 4.98 Å². The van der Waals surface area contributed by atoms with Gasteiger partial charge in [0.2, 0.25) is 0 Å². The van der Waals surface area contributed by atoms with E-state index in [-0.39, 0.29) is 11.9 Å². The predicted molar refractivity (Wildman–Crippen MR) is 78.9 cm³/mol. The fourth-order valence-electron chi connectivity index (χ4n) is 1.87. The van der Waals surface area contributed by atoms with Crippen molar-refractivity contribution in [2.75, 3.05) is 7.05 Å². The molecule has 1 aromatic heterocycles. The highest BCUT2D eigenvalue weighted by Crippen LogP contribution is 2.22. The van der Waals surface area contributed by atoms with Crippen LogP contribution < -0.4 is 0 Å². The molecule has 98 valence electrons.